The molecule has 0 saturated carbocycles. The van der Waals surface area contributed by atoms with Crippen LogP contribution in [0, 0.1) is 13.8 Å². The Hall–Kier alpha value is -3.40. The number of fused-ring (bicyclic) bond motifs is 1. The standard InChI is InChI=1S/C30H33N5O2S2/c1-20-12-13-23(21(2)17-20)35-30-27(28(32-35)22-9-6-5-7-10-22)29(24-11-8-16-38-24)39-19-26(37)34(30)18-25(36)31-14-15-33(3)4/h5-13,16-17,29H,14-15,18-19H2,1-4H3,(H,31,36)/t29-/m0/s1. The zero-order valence-corrected chi connectivity index (χ0v) is 24.3. The van der Waals surface area contributed by atoms with Gasteiger partial charge in [0.1, 0.15) is 12.4 Å². The first-order valence-electron chi connectivity index (χ1n) is 13.0. The Labute approximate surface area is 237 Å². The Morgan fingerprint density at radius 1 is 1.10 bits per heavy atom. The molecule has 0 radical (unpaired) electrons. The van der Waals surface area contributed by atoms with Gasteiger partial charge >= 0.3 is 0 Å². The molecule has 0 spiro atoms. The maximum atomic E-state index is 13.8. The number of benzene rings is 2. The Morgan fingerprint density at radius 3 is 2.59 bits per heavy atom. The van der Waals surface area contributed by atoms with Crippen LogP contribution in [0.25, 0.3) is 16.9 Å². The van der Waals surface area contributed by atoms with E-state index in [2.05, 4.69) is 54.9 Å². The average Bonchev–Trinajstić information content (AvgIpc) is 3.54. The summed E-state index contributed by atoms with van der Waals surface area (Å²) in [5, 5.41) is 10.1. The van der Waals surface area contributed by atoms with Crippen LogP contribution in [0.2, 0.25) is 0 Å². The van der Waals surface area contributed by atoms with E-state index in [9.17, 15) is 9.59 Å². The van der Waals surface area contributed by atoms with Gasteiger partial charge in [-0.2, -0.15) is 5.10 Å². The number of thiophene rings is 1. The molecular weight excluding hydrogens is 526 g/mol. The second kappa shape index (κ2) is 11.8. The largest absolute Gasteiger partial charge is 0.353 e. The number of aryl methyl sites for hydroxylation is 2. The maximum Gasteiger partial charge on any atom is 0.240 e. The van der Waals surface area contributed by atoms with E-state index in [1.54, 1.807) is 28.0 Å². The molecule has 0 bridgehead atoms. The smallest absolute Gasteiger partial charge is 0.240 e. The molecule has 2 amide bonds. The van der Waals surface area contributed by atoms with Crippen LogP contribution in [0.15, 0.2) is 66.0 Å². The molecular formula is C30H33N5O2S2. The van der Waals surface area contributed by atoms with Gasteiger partial charge in [-0.1, -0.05) is 54.1 Å². The number of carbonyl (C=O) groups excluding carboxylic acids is 2. The number of likely N-dealkylation sites (N-methyl/N-ethyl adjacent to an activating group) is 1. The van der Waals surface area contributed by atoms with Crippen LogP contribution in [0.4, 0.5) is 5.82 Å². The third kappa shape index (κ3) is 5.80. The van der Waals surface area contributed by atoms with Crippen molar-refractivity contribution in [3.63, 3.8) is 0 Å². The SMILES string of the molecule is Cc1ccc(-n2nc(-c3ccccc3)c3c2N(CC(=O)NCCN(C)C)C(=O)CS[C@H]3c2cccs2)c(C)c1. The zero-order chi connectivity index (χ0) is 27.5. The topological polar surface area (TPSA) is 70.5 Å². The molecule has 1 aliphatic heterocycles. The molecule has 9 heteroatoms. The minimum atomic E-state index is -0.189. The Morgan fingerprint density at radius 2 is 1.90 bits per heavy atom. The predicted octanol–water partition coefficient (Wildman–Crippen LogP) is 5.06. The molecule has 5 rings (SSSR count). The molecule has 0 saturated heterocycles. The van der Waals surface area contributed by atoms with Crippen LogP contribution in [0.3, 0.4) is 0 Å². The van der Waals surface area contributed by atoms with Gasteiger partial charge in [0.25, 0.3) is 0 Å². The minimum absolute atomic E-state index is 0.0676. The molecule has 1 aliphatic rings. The van der Waals surface area contributed by atoms with Gasteiger partial charge in [0.2, 0.25) is 11.8 Å². The first kappa shape index (κ1) is 27.2. The predicted molar refractivity (Wildman–Crippen MR) is 161 cm³/mol. The first-order chi connectivity index (χ1) is 18.8. The summed E-state index contributed by atoms with van der Waals surface area (Å²) in [4.78, 5) is 31.7. The van der Waals surface area contributed by atoms with E-state index in [1.165, 1.54) is 0 Å². The number of amides is 2. The fourth-order valence-electron chi connectivity index (χ4n) is 4.82. The molecule has 202 valence electrons. The highest BCUT2D eigenvalue weighted by Crippen LogP contribution is 2.49. The van der Waals surface area contributed by atoms with E-state index in [1.807, 2.05) is 54.0 Å². The summed E-state index contributed by atoms with van der Waals surface area (Å²) in [7, 11) is 3.93. The van der Waals surface area contributed by atoms with Crippen LogP contribution < -0.4 is 10.2 Å². The quantitative estimate of drug-likeness (QED) is 0.327. The lowest BCUT2D eigenvalue weighted by Gasteiger charge is -2.24. The zero-order valence-electron chi connectivity index (χ0n) is 22.7. The lowest BCUT2D eigenvalue weighted by molar-refractivity contribution is -0.122. The number of nitrogens with zero attached hydrogens (tertiary/aromatic N) is 4. The molecule has 3 heterocycles. The maximum absolute atomic E-state index is 13.8. The molecule has 39 heavy (non-hydrogen) atoms. The van der Waals surface area contributed by atoms with Gasteiger partial charge < -0.3 is 10.2 Å². The molecule has 4 aromatic rings. The van der Waals surface area contributed by atoms with E-state index < -0.39 is 0 Å². The number of rotatable bonds is 8. The fraction of sp³-hybridized carbons (Fsp3) is 0.300. The van der Waals surface area contributed by atoms with Gasteiger partial charge in [-0.05, 0) is 51.0 Å². The van der Waals surface area contributed by atoms with E-state index in [4.69, 9.17) is 5.10 Å². The number of nitrogens with one attached hydrogen (secondary N) is 1. The Balaban J connectivity index is 1.72. The molecule has 7 nitrogen and oxygen atoms in total. The van der Waals surface area contributed by atoms with Gasteiger partial charge in [-0.25, -0.2) is 4.68 Å². The van der Waals surface area contributed by atoms with Crippen molar-refractivity contribution in [3.8, 4) is 16.9 Å². The summed E-state index contributed by atoms with van der Waals surface area (Å²) in [5.74, 6) is 0.638. The molecule has 0 fully saturated rings. The molecule has 0 unspecified atom stereocenters. The highest BCUT2D eigenvalue weighted by molar-refractivity contribution is 8.00. The number of hydrogen-bond donors (Lipinski definition) is 1. The third-order valence-corrected chi connectivity index (χ3v) is 9.02. The molecule has 2 aromatic carbocycles. The highest BCUT2D eigenvalue weighted by Gasteiger charge is 2.38. The van der Waals surface area contributed by atoms with Crippen LogP contribution in [-0.2, 0) is 9.59 Å². The summed E-state index contributed by atoms with van der Waals surface area (Å²) in [6, 6.07) is 20.5. The van der Waals surface area contributed by atoms with Crippen molar-refractivity contribution >= 4 is 40.7 Å². The van der Waals surface area contributed by atoms with Crippen LogP contribution in [0.1, 0.15) is 26.8 Å². The number of carbonyl (C=O) groups is 2. The molecule has 1 N–H and O–H groups in total. The van der Waals surface area contributed by atoms with Crippen molar-refractivity contribution in [1.29, 1.82) is 0 Å². The van der Waals surface area contributed by atoms with E-state index >= 15 is 0 Å². The van der Waals surface area contributed by atoms with Crippen molar-refractivity contribution in [2.75, 3.05) is 44.4 Å². The van der Waals surface area contributed by atoms with Crippen LogP contribution in [0.5, 0.6) is 0 Å². The summed E-state index contributed by atoms with van der Waals surface area (Å²) in [6.07, 6.45) is 0. The van der Waals surface area contributed by atoms with Gasteiger partial charge in [0, 0.05) is 29.1 Å². The lowest BCUT2D eigenvalue weighted by Crippen LogP contribution is -2.43. The Kier molecular flexibility index (Phi) is 8.20. The molecule has 2 aromatic heterocycles. The molecule has 1 atom stereocenters. The van der Waals surface area contributed by atoms with E-state index in [0.717, 1.165) is 45.1 Å². The second-order valence-corrected chi connectivity index (χ2v) is 12.1. The van der Waals surface area contributed by atoms with E-state index in [-0.39, 0.29) is 29.4 Å². The Bertz CT molecular complexity index is 1460. The van der Waals surface area contributed by atoms with Crippen molar-refractivity contribution in [1.82, 2.24) is 20.0 Å². The fourth-order valence-corrected chi connectivity index (χ4v) is 7.00. The lowest BCUT2D eigenvalue weighted by atomic mass is 10.0. The number of hydrogen-bond acceptors (Lipinski definition) is 6. The number of anilines is 1. The average molecular weight is 560 g/mol. The van der Waals surface area contributed by atoms with Crippen LogP contribution >= 0.6 is 23.1 Å². The van der Waals surface area contributed by atoms with Crippen molar-refractivity contribution in [2.24, 2.45) is 0 Å². The van der Waals surface area contributed by atoms with Crippen molar-refractivity contribution < 1.29 is 9.59 Å². The van der Waals surface area contributed by atoms with Gasteiger partial charge in [-0.15, -0.1) is 23.1 Å². The van der Waals surface area contributed by atoms with E-state index in [0.29, 0.717) is 12.4 Å². The minimum Gasteiger partial charge on any atom is -0.353 e. The van der Waals surface area contributed by atoms with Crippen molar-refractivity contribution in [2.45, 2.75) is 19.1 Å². The summed E-state index contributed by atoms with van der Waals surface area (Å²) in [6.45, 7) is 5.29. The summed E-state index contributed by atoms with van der Waals surface area (Å²) >= 11 is 3.27. The highest BCUT2D eigenvalue weighted by atomic mass is 32.2. The number of thioether (sulfide) groups is 1. The first-order valence-corrected chi connectivity index (χ1v) is 14.9. The van der Waals surface area contributed by atoms with Gasteiger partial charge in [0.15, 0.2) is 0 Å². The van der Waals surface area contributed by atoms with Gasteiger partial charge in [0.05, 0.1) is 22.4 Å². The monoisotopic (exact) mass is 559 g/mol. The third-order valence-electron chi connectivity index (χ3n) is 6.70. The summed E-state index contributed by atoms with van der Waals surface area (Å²) in [5.41, 5.74) is 5.85. The van der Waals surface area contributed by atoms with Crippen molar-refractivity contribution in [3.05, 3.63) is 87.6 Å². The van der Waals surface area contributed by atoms with Gasteiger partial charge in [-0.3, -0.25) is 14.5 Å². The summed E-state index contributed by atoms with van der Waals surface area (Å²) < 4.78 is 1.88. The number of aromatic nitrogens is 2. The normalized spacial score (nSPS) is 15.4. The van der Waals surface area contributed by atoms with Crippen LogP contribution in [-0.4, -0.2) is 66.0 Å². The second-order valence-electron chi connectivity index (χ2n) is 9.99. The molecule has 0 aliphatic carbocycles.